The minimum absolute atomic E-state index is 0.0880. The zero-order valence-electron chi connectivity index (χ0n) is 16.0. The Morgan fingerprint density at radius 3 is 2.82 bits per heavy atom. The summed E-state index contributed by atoms with van der Waals surface area (Å²) in [5.41, 5.74) is 4.55. The van der Waals surface area contributed by atoms with Crippen molar-refractivity contribution in [3.05, 3.63) is 12.3 Å². The molecule has 28 heavy (non-hydrogen) atoms. The van der Waals surface area contributed by atoms with E-state index < -0.39 is 17.9 Å². The number of unbranched alkanes of at least 4 members (excludes halogenated alkanes) is 1. The van der Waals surface area contributed by atoms with Crippen LogP contribution in [0.3, 0.4) is 0 Å². The zero-order valence-corrected chi connectivity index (χ0v) is 16.0. The van der Waals surface area contributed by atoms with Gasteiger partial charge in [0.15, 0.2) is 0 Å². The summed E-state index contributed by atoms with van der Waals surface area (Å²) in [4.78, 5) is 37.1. The molecule has 10 heteroatoms. The Bertz CT molecular complexity index is 703. The number of nitrogens with one attached hydrogen (secondary N) is 4. The SMILES string of the molecule is CCCC[C@H](CC(=O)NO)C(=O)NN1CC2(CC2)C[C@H]1C(=O)Nc1ccn[nH]1. The van der Waals surface area contributed by atoms with Gasteiger partial charge in [-0.05, 0) is 31.1 Å². The first kappa shape index (κ1) is 20.3. The van der Waals surface area contributed by atoms with E-state index in [1.54, 1.807) is 22.8 Å². The Morgan fingerprint density at radius 1 is 1.43 bits per heavy atom. The molecule has 2 fully saturated rings. The summed E-state index contributed by atoms with van der Waals surface area (Å²) < 4.78 is 0. The van der Waals surface area contributed by atoms with Gasteiger partial charge >= 0.3 is 0 Å². The molecule has 2 heterocycles. The van der Waals surface area contributed by atoms with E-state index in [0.29, 0.717) is 25.2 Å². The number of aromatic nitrogens is 2. The second-order valence-corrected chi connectivity index (χ2v) is 7.86. The van der Waals surface area contributed by atoms with E-state index in [-0.39, 0.29) is 23.7 Å². The van der Waals surface area contributed by atoms with E-state index in [1.807, 2.05) is 6.92 Å². The van der Waals surface area contributed by atoms with Crippen LogP contribution in [0.15, 0.2) is 12.3 Å². The Labute approximate surface area is 163 Å². The number of hydrogen-bond acceptors (Lipinski definition) is 6. The van der Waals surface area contributed by atoms with E-state index in [4.69, 9.17) is 5.21 Å². The van der Waals surface area contributed by atoms with Crippen LogP contribution in [0.1, 0.15) is 51.9 Å². The summed E-state index contributed by atoms with van der Waals surface area (Å²) in [6.07, 6.45) is 6.46. The van der Waals surface area contributed by atoms with Crippen LogP contribution in [0.4, 0.5) is 5.82 Å². The third-order valence-electron chi connectivity index (χ3n) is 5.61. The van der Waals surface area contributed by atoms with Crippen LogP contribution in [0.5, 0.6) is 0 Å². The highest BCUT2D eigenvalue weighted by atomic mass is 16.5. The molecule has 2 atom stereocenters. The normalized spacial score (nSPS) is 21.3. The second-order valence-electron chi connectivity index (χ2n) is 7.86. The van der Waals surface area contributed by atoms with E-state index in [2.05, 4.69) is 20.9 Å². The molecule has 2 aliphatic rings. The van der Waals surface area contributed by atoms with Crippen molar-refractivity contribution in [3.8, 4) is 0 Å². The third-order valence-corrected chi connectivity index (χ3v) is 5.61. The number of anilines is 1. The minimum Gasteiger partial charge on any atom is -0.310 e. The van der Waals surface area contributed by atoms with Gasteiger partial charge in [-0.1, -0.05) is 19.8 Å². The molecule has 1 aliphatic heterocycles. The van der Waals surface area contributed by atoms with E-state index in [9.17, 15) is 14.4 Å². The van der Waals surface area contributed by atoms with Crippen molar-refractivity contribution in [1.82, 2.24) is 26.1 Å². The minimum atomic E-state index is -0.593. The average molecular weight is 392 g/mol. The van der Waals surface area contributed by atoms with Crippen LogP contribution in [0, 0.1) is 11.3 Å². The number of carbonyl (C=O) groups excluding carboxylic acids is 3. The molecule has 1 aromatic rings. The molecule has 0 unspecified atom stereocenters. The summed E-state index contributed by atoms with van der Waals surface area (Å²) in [5.74, 6) is -1.14. The highest BCUT2D eigenvalue weighted by Crippen LogP contribution is 2.54. The maximum atomic E-state index is 12.8. The molecule has 10 nitrogen and oxygen atoms in total. The lowest BCUT2D eigenvalue weighted by atomic mass is 9.97. The van der Waals surface area contributed by atoms with Gasteiger partial charge in [-0.25, -0.2) is 10.5 Å². The lowest BCUT2D eigenvalue weighted by molar-refractivity contribution is -0.138. The number of hydroxylamine groups is 1. The number of nitrogens with zero attached hydrogens (tertiary/aromatic N) is 2. The van der Waals surface area contributed by atoms with Gasteiger partial charge in [-0.15, -0.1) is 0 Å². The van der Waals surface area contributed by atoms with Gasteiger partial charge in [0.1, 0.15) is 11.9 Å². The van der Waals surface area contributed by atoms with Gasteiger partial charge in [0.2, 0.25) is 17.7 Å². The molecule has 1 spiro atoms. The number of hydrogen-bond donors (Lipinski definition) is 5. The van der Waals surface area contributed by atoms with Crippen molar-refractivity contribution < 1.29 is 19.6 Å². The predicted molar refractivity (Wildman–Crippen MR) is 99.7 cm³/mol. The van der Waals surface area contributed by atoms with Crippen LogP contribution >= 0.6 is 0 Å². The predicted octanol–water partition coefficient (Wildman–Crippen LogP) is 0.936. The van der Waals surface area contributed by atoms with Gasteiger partial charge in [0, 0.05) is 24.9 Å². The molecule has 1 saturated carbocycles. The first-order chi connectivity index (χ1) is 13.5. The summed E-state index contributed by atoms with van der Waals surface area (Å²) in [6.45, 7) is 2.63. The molecule has 3 amide bonds. The Morgan fingerprint density at radius 2 is 2.21 bits per heavy atom. The lowest BCUT2D eigenvalue weighted by Crippen LogP contribution is -2.51. The first-order valence-electron chi connectivity index (χ1n) is 9.76. The number of aromatic amines is 1. The molecule has 0 aromatic carbocycles. The topological polar surface area (TPSA) is 139 Å². The Hall–Kier alpha value is -2.46. The number of amides is 3. The van der Waals surface area contributed by atoms with Crippen molar-refractivity contribution in [2.45, 2.75) is 57.9 Å². The molecule has 154 valence electrons. The third kappa shape index (κ3) is 4.87. The van der Waals surface area contributed by atoms with Crippen LogP contribution in [-0.4, -0.2) is 50.7 Å². The van der Waals surface area contributed by atoms with Crippen LogP contribution in [0.25, 0.3) is 0 Å². The highest BCUT2D eigenvalue weighted by molar-refractivity contribution is 5.94. The quantitative estimate of drug-likeness (QED) is 0.313. The number of carbonyl (C=O) groups is 3. The van der Waals surface area contributed by atoms with Crippen molar-refractivity contribution in [3.63, 3.8) is 0 Å². The van der Waals surface area contributed by atoms with E-state index in [1.165, 1.54) is 0 Å². The standard InChI is InChI=1S/C18H28N6O4/c1-2-3-4-12(9-15(25)23-28)16(26)22-24-11-18(6-7-18)10-13(24)17(27)20-14-5-8-19-21-14/h5,8,12-13,28H,2-4,6-7,9-11H2,1H3,(H,22,26)(H,23,25)(H2,19,20,21,27)/t12-,13+/m1/s1. The Balaban J connectivity index is 1.65. The molecule has 1 aromatic heterocycles. The van der Waals surface area contributed by atoms with Crippen LogP contribution in [-0.2, 0) is 14.4 Å². The lowest BCUT2D eigenvalue weighted by Gasteiger charge is -2.26. The van der Waals surface area contributed by atoms with Crippen LogP contribution < -0.4 is 16.2 Å². The number of hydrazine groups is 1. The molecule has 1 saturated heterocycles. The number of H-pyrrole nitrogens is 1. The van der Waals surface area contributed by atoms with Gasteiger partial charge in [-0.3, -0.25) is 30.1 Å². The molecule has 1 aliphatic carbocycles. The largest absolute Gasteiger partial charge is 0.310 e. The van der Waals surface area contributed by atoms with Crippen molar-refractivity contribution in [1.29, 1.82) is 0 Å². The molecule has 3 rings (SSSR count). The average Bonchev–Trinajstić information content (AvgIpc) is 3.06. The van der Waals surface area contributed by atoms with Gasteiger partial charge < -0.3 is 5.32 Å². The van der Waals surface area contributed by atoms with Gasteiger partial charge in [-0.2, -0.15) is 5.10 Å². The monoisotopic (exact) mass is 392 g/mol. The van der Waals surface area contributed by atoms with Gasteiger partial charge in [0.25, 0.3) is 0 Å². The molecular formula is C18H28N6O4. The number of rotatable bonds is 9. The summed E-state index contributed by atoms with van der Waals surface area (Å²) in [5, 5.41) is 19.8. The fourth-order valence-electron chi connectivity index (χ4n) is 3.77. The maximum Gasteiger partial charge on any atom is 0.244 e. The highest BCUT2D eigenvalue weighted by Gasteiger charge is 2.54. The molecule has 5 N–H and O–H groups in total. The van der Waals surface area contributed by atoms with Crippen molar-refractivity contribution in [2.75, 3.05) is 11.9 Å². The van der Waals surface area contributed by atoms with Gasteiger partial charge in [0.05, 0.1) is 6.20 Å². The maximum absolute atomic E-state index is 12.8. The fraction of sp³-hybridized carbons (Fsp3) is 0.667. The van der Waals surface area contributed by atoms with Crippen molar-refractivity contribution in [2.24, 2.45) is 11.3 Å². The zero-order chi connectivity index (χ0) is 20.1. The van der Waals surface area contributed by atoms with Crippen LogP contribution in [0.2, 0.25) is 0 Å². The summed E-state index contributed by atoms with van der Waals surface area (Å²) >= 11 is 0. The summed E-state index contributed by atoms with van der Waals surface area (Å²) in [7, 11) is 0. The van der Waals surface area contributed by atoms with Crippen molar-refractivity contribution >= 4 is 23.5 Å². The Kier molecular flexibility index (Phi) is 6.30. The first-order valence-corrected chi connectivity index (χ1v) is 9.76. The fourth-order valence-corrected chi connectivity index (χ4v) is 3.77. The smallest absolute Gasteiger partial charge is 0.244 e. The molecule has 0 bridgehead atoms. The van der Waals surface area contributed by atoms with E-state index >= 15 is 0 Å². The molecular weight excluding hydrogens is 364 g/mol. The second kappa shape index (κ2) is 8.70. The molecule has 0 radical (unpaired) electrons. The van der Waals surface area contributed by atoms with E-state index in [0.717, 1.165) is 25.7 Å². The summed E-state index contributed by atoms with van der Waals surface area (Å²) in [6, 6.07) is 1.19.